The van der Waals surface area contributed by atoms with Gasteiger partial charge in [0.2, 0.25) is 5.03 Å². The molecule has 1 N–H and O–H groups in total. The molecule has 102 valence electrons. The molecule has 0 unspecified atom stereocenters. The standard InChI is InChI=1S/C10H8BrCl2N3O2S/c1-16-5-14-10(9(16)13)19(17,18)15-6-2-3-7(11)8(12)4-6/h2-5,15H,1H3. The van der Waals surface area contributed by atoms with Crippen LogP contribution in [0.15, 0.2) is 34.0 Å². The molecule has 0 saturated carbocycles. The van der Waals surface area contributed by atoms with Gasteiger partial charge in [0.25, 0.3) is 10.0 Å². The monoisotopic (exact) mass is 383 g/mol. The predicted molar refractivity (Wildman–Crippen MR) is 78.2 cm³/mol. The minimum atomic E-state index is -3.84. The molecule has 1 aromatic heterocycles. The molecule has 5 nitrogen and oxygen atoms in total. The number of nitrogens with one attached hydrogen (secondary N) is 1. The van der Waals surface area contributed by atoms with Gasteiger partial charge in [0.1, 0.15) is 5.15 Å². The molecule has 2 rings (SSSR count). The van der Waals surface area contributed by atoms with E-state index >= 15 is 0 Å². The number of sulfonamides is 1. The van der Waals surface area contributed by atoms with Crippen molar-refractivity contribution in [2.24, 2.45) is 7.05 Å². The lowest BCUT2D eigenvalue weighted by Gasteiger charge is -2.07. The van der Waals surface area contributed by atoms with Gasteiger partial charge in [-0.1, -0.05) is 23.2 Å². The number of halogens is 3. The third kappa shape index (κ3) is 3.05. The number of anilines is 1. The van der Waals surface area contributed by atoms with Gasteiger partial charge in [0.05, 0.1) is 17.0 Å². The van der Waals surface area contributed by atoms with Crippen molar-refractivity contribution in [3.63, 3.8) is 0 Å². The van der Waals surface area contributed by atoms with E-state index in [1.165, 1.54) is 17.0 Å². The first-order valence-corrected chi connectivity index (χ1v) is 7.99. The SMILES string of the molecule is Cn1cnc(S(=O)(=O)Nc2ccc(Br)c(Cl)c2)c1Cl. The van der Waals surface area contributed by atoms with Crippen molar-refractivity contribution in [2.75, 3.05) is 4.72 Å². The number of aromatic nitrogens is 2. The van der Waals surface area contributed by atoms with E-state index in [1.54, 1.807) is 19.2 Å². The van der Waals surface area contributed by atoms with Crippen molar-refractivity contribution < 1.29 is 8.42 Å². The van der Waals surface area contributed by atoms with Gasteiger partial charge in [-0.2, -0.15) is 8.42 Å². The molecule has 0 fully saturated rings. The van der Waals surface area contributed by atoms with Gasteiger partial charge in [-0.15, -0.1) is 0 Å². The van der Waals surface area contributed by atoms with Gasteiger partial charge in [-0.3, -0.25) is 4.72 Å². The van der Waals surface area contributed by atoms with Gasteiger partial charge in [0, 0.05) is 11.5 Å². The van der Waals surface area contributed by atoms with Crippen LogP contribution in [-0.2, 0) is 17.1 Å². The van der Waals surface area contributed by atoms with Crippen LogP contribution >= 0.6 is 39.1 Å². The average molecular weight is 385 g/mol. The van der Waals surface area contributed by atoms with Crippen LogP contribution in [0.25, 0.3) is 0 Å². The summed E-state index contributed by atoms with van der Waals surface area (Å²) in [4.78, 5) is 3.76. The van der Waals surface area contributed by atoms with Crippen molar-refractivity contribution in [2.45, 2.75) is 5.03 Å². The maximum atomic E-state index is 12.1. The zero-order valence-corrected chi connectivity index (χ0v) is 13.5. The molecule has 0 saturated heterocycles. The van der Waals surface area contributed by atoms with Crippen LogP contribution in [0.4, 0.5) is 5.69 Å². The lowest BCUT2D eigenvalue weighted by molar-refractivity contribution is 0.598. The van der Waals surface area contributed by atoms with Crippen LogP contribution in [0.5, 0.6) is 0 Å². The zero-order chi connectivity index (χ0) is 14.2. The van der Waals surface area contributed by atoms with Crippen molar-refractivity contribution in [3.8, 4) is 0 Å². The summed E-state index contributed by atoms with van der Waals surface area (Å²) in [6.07, 6.45) is 1.32. The highest BCUT2D eigenvalue weighted by atomic mass is 79.9. The molecule has 0 bridgehead atoms. The summed E-state index contributed by atoms with van der Waals surface area (Å²) in [7, 11) is -2.24. The van der Waals surface area contributed by atoms with E-state index in [1.807, 2.05) is 0 Å². The molecular weight excluding hydrogens is 377 g/mol. The first-order chi connectivity index (χ1) is 8.81. The molecule has 1 heterocycles. The predicted octanol–water partition coefficient (Wildman–Crippen LogP) is 3.29. The maximum absolute atomic E-state index is 12.1. The fraction of sp³-hybridized carbons (Fsp3) is 0.100. The molecule has 19 heavy (non-hydrogen) atoms. The summed E-state index contributed by atoms with van der Waals surface area (Å²) in [6, 6.07) is 4.70. The maximum Gasteiger partial charge on any atom is 0.282 e. The van der Waals surface area contributed by atoms with Crippen LogP contribution in [0.1, 0.15) is 0 Å². The third-order valence-corrected chi connectivity index (χ3v) is 5.36. The number of rotatable bonds is 3. The molecule has 2 aromatic rings. The minimum Gasteiger partial charge on any atom is -0.324 e. The van der Waals surface area contributed by atoms with E-state index in [0.717, 1.165) is 0 Å². The van der Waals surface area contributed by atoms with Gasteiger partial charge in [0.15, 0.2) is 0 Å². The van der Waals surface area contributed by atoms with Crippen molar-refractivity contribution in [3.05, 3.63) is 39.2 Å². The van der Waals surface area contributed by atoms with E-state index in [0.29, 0.717) is 15.2 Å². The normalized spacial score (nSPS) is 11.6. The second-order valence-electron chi connectivity index (χ2n) is 3.69. The second-order valence-corrected chi connectivity index (χ2v) is 6.90. The van der Waals surface area contributed by atoms with E-state index in [9.17, 15) is 8.42 Å². The Balaban J connectivity index is 2.36. The first-order valence-electron chi connectivity index (χ1n) is 4.96. The van der Waals surface area contributed by atoms with Crippen LogP contribution in [0.3, 0.4) is 0 Å². The molecule has 0 radical (unpaired) electrons. The molecule has 0 atom stereocenters. The number of imidazole rings is 1. The molecule has 0 amide bonds. The van der Waals surface area contributed by atoms with Gasteiger partial charge < -0.3 is 4.57 Å². The Morgan fingerprint density at radius 3 is 2.58 bits per heavy atom. The Labute approximate surface area is 128 Å². The molecule has 0 aliphatic rings. The average Bonchev–Trinajstić information content (AvgIpc) is 2.65. The summed E-state index contributed by atoms with van der Waals surface area (Å²) < 4.78 is 28.7. The van der Waals surface area contributed by atoms with Crippen LogP contribution < -0.4 is 4.72 Å². The van der Waals surface area contributed by atoms with Crippen LogP contribution in [0.2, 0.25) is 10.2 Å². The molecule has 0 aliphatic heterocycles. The minimum absolute atomic E-state index is 0.0377. The fourth-order valence-electron chi connectivity index (χ4n) is 1.34. The van der Waals surface area contributed by atoms with Crippen molar-refractivity contribution in [1.82, 2.24) is 9.55 Å². The summed E-state index contributed by atoms with van der Waals surface area (Å²) in [5.74, 6) is 0. The summed E-state index contributed by atoms with van der Waals surface area (Å²) in [5.41, 5.74) is 0.329. The van der Waals surface area contributed by atoms with Crippen LogP contribution in [0, 0.1) is 0 Å². The number of hydrogen-bond donors (Lipinski definition) is 1. The van der Waals surface area contributed by atoms with E-state index in [-0.39, 0.29) is 10.2 Å². The third-order valence-electron chi connectivity index (χ3n) is 2.26. The summed E-state index contributed by atoms with van der Waals surface area (Å²) >= 11 is 15.0. The van der Waals surface area contributed by atoms with Gasteiger partial charge in [-0.05, 0) is 34.1 Å². The Hall–Kier alpha value is -0.760. The zero-order valence-electron chi connectivity index (χ0n) is 9.56. The number of benzene rings is 1. The lowest BCUT2D eigenvalue weighted by Crippen LogP contribution is -2.14. The molecular formula is C10H8BrCl2N3O2S. The highest BCUT2D eigenvalue weighted by Gasteiger charge is 2.22. The number of aryl methyl sites for hydroxylation is 1. The van der Waals surface area contributed by atoms with Gasteiger partial charge >= 0.3 is 0 Å². The van der Waals surface area contributed by atoms with E-state index < -0.39 is 10.0 Å². The van der Waals surface area contributed by atoms with Crippen molar-refractivity contribution >= 4 is 54.8 Å². The lowest BCUT2D eigenvalue weighted by atomic mass is 10.3. The smallest absolute Gasteiger partial charge is 0.282 e. The summed E-state index contributed by atoms with van der Waals surface area (Å²) in [5, 5.41) is 0.207. The Morgan fingerprint density at radius 2 is 2.05 bits per heavy atom. The van der Waals surface area contributed by atoms with Crippen molar-refractivity contribution in [1.29, 1.82) is 0 Å². The second kappa shape index (κ2) is 5.32. The quantitative estimate of drug-likeness (QED) is 0.882. The molecule has 0 aliphatic carbocycles. The number of hydrogen-bond acceptors (Lipinski definition) is 3. The highest BCUT2D eigenvalue weighted by molar-refractivity contribution is 9.10. The Kier molecular flexibility index (Phi) is 4.10. The molecule has 9 heteroatoms. The van der Waals surface area contributed by atoms with E-state index in [2.05, 4.69) is 25.6 Å². The molecule has 1 aromatic carbocycles. The topological polar surface area (TPSA) is 64.0 Å². The molecule has 0 spiro atoms. The highest BCUT2D eigenvalue weighted by Crippen LogP contribution is 2.27. The van der Waals surface area contributed by atoms with Gasteiger partial charge in [-0.25, -0.2) is 4.98 Å². The van der Waals surface area contributed by atoms with E-state index in [4.69, 9.17) is 23.2 Å². The first kappa shape index (κ1) is 14.6. The Morgan fingerprint density at radius 1 is 1.37 bits per heavy atom. The largest absolute Gasteiger partial charge is 0.324 e. The summed E-state index contributed by atoms with van der Waals surface area (Å²) in [6.45, 7) is 0. The number of nitrogens with zero attached hydrogens (tertiary/aromatic N) is 2. The van der Waals surface area contributed by atoms with Crippen LogP contribution in [-0.4, -0.2) is 18.0 Å². The Bertz CT molecular complexity index is 730. The fourth-order valence-corrected chi connectivity index (χ4v) is 3.25.